The lowest BCUT2D eigenvalue weighted by Gasteiger charge is -2.35. The van der Waals surface area contributed by atoms with Crippen LogP contribution < -0.4 is 4.74 Å². The number of hydrogen-bond donors (Lipinski definition) is 1. The zero-order chi connectivity index (χ0) is 16.1. The molecule has 0 saturated carbocycles. The maximum Gasteiger partial charge on any atom is 0.151 e. The number of hydrogen-bond acceptors (Lipinski definition) is 2. The fraction of sp³-hybridized carbons (Fsp3) is 0.143. The predicted molar refractivity (Wildman–Crippen MR) is 92.4 cm³/mol. The van der Waals surface area contributed by atoms with E-state index in [1.54, 1.807) is 0 Å². The van der Waals surface area contributed by atoms with Gasteiger partial charge in [0.05, 0.1) is 0 Å². The summed E-state index contributed by atoms with van der Waals surface area (Å²) >= 11 is 0. The lowest BCUT2D eigenvalue weighted by molar-refractivity contribution is -0.0258. The molecule has 3 aromatic rings. The minimum atomic E-state index is -1.22. The Balaban J connectivity index is 2.02. The molecule has 116 valence electrons. The van der Waals surface area contributed by atoms with E-state index in [2.05, 4.69) is 0 Å². The Morgan fingerprint density at radius 1 is 0.696 bits per heavy atom. The first-order valence-corrected chi connectivity index (χ1v) is 7.76. The Morgan fingerprint density at radius 2 is 1.09 bits per heavy atom. The van der Waals surface area contributed by atoms with Gasteiger partial charge in [-0.05, 0) is 30.2 Å². The van der Waals surface area contributed by atoms with Crippen LogP contribution in [0.3, 0.4) is 0 Å². The Kier molecular flexibility index (Phi) is 4.45. The van der Waals surface area contributed by atoms with Gasteiger partial charge in [0.15, 0.2) is 5.60 Å². The molecule has 0 saturated heterocycles. The lowest BCUT2D eigenvalue weighted by Crippen LogP contribution is -2.42. The molecule has 0 unspecified atom stereocenters. The van der Waals surface area contributed by atoms with Crippen molar-refractivity contribution in [2.24, 2.45) is 0 Å². The molecule has 1 atom stereocenters. The molecule has 1 N–H and O–H groups in total. The van der Waals surface area contributed by atoms with Gasteiger partial charge in [-0.15, -0.1) is 0 Å². The second kappa shape index (κ2) is 6.67. The summed E-state index contributed by atoms with van der Waals surface area (Å²) in [5.74, 6) is 0.741. The maximum atomic E-state index is 11.6. The molecular formula is C21H20O2. The van der Waals surface area contributed by atoms with Gasteiger partial charge in [-0.1, -0.05) is 78.9 Å². The lowest BCUT2D eigenvalue weighted by atomic mass is 9.82. The number of aliphatic hydroxyl groups is 1. The second-order valence-corrected chi connectivity index (χ2v) is 5.57. The van der Waals surface area contributed by atoms with E-state index in [9.17, 15) is 5.11 Å². The van der Waals surface area contributed by atoms with Crippen molar-refractivity contribution >= 4 is 0 Å². The van der Waals surface area contributed by atoms with Crippen LogP contribution in [0.2, 0.25) is 0 Å². The summed E-state index contributed by atoms with van der Waals surface area (Å²) in [6.07, 6.45) is -0.449. The molecule has 0 aliphatic carbocycles. The summed E-state index contributed by atoms with van der Waals surface area (Å²) in [6.45, 7) is 1.90. The molecule has 3 rings (SSSR count). The summed E-state index contributed by atoms with van der Waals surface area (Å²) < 4.78 is 6.04. The standard InChI is InChI=1S/C21H20O2/c1-17(23-20-15-9-4-10-16-20)21(22,18-11-5-2-6-12-18)19-13-7-3-8-14-19/h2-17,22H,1H3/t17-/m1/s1. The molecule has 0 amide bonds. The van der Waals surface area contributed by atoms with Gasteiger partial charge in [0.25, 0.3) is 0 Å². The third-order valence-corrected chi connectivity index (χ3v) is 4.07. The van der Waals surface area contributed by atoms with E-state index >= 15 is 0 Å². The number of benzene rings is 3. The van der Waals surface area contributed by atoms with Crippen LogP contribution in [0.4, 0.5) is 0 Å². The molecule has 23 heavy (non-hydrogen) atoms. The average molecular weight is 304 g/mol. The van der Waals surface area contributed by atoms with Crippen molar-refractivity contribution in [2.45, 2.75) is 18.6 Å². The highest BCUT2D eigenvalue weighted by Crippen LogP contribution is 2.35. The summed E-state index contributed by atoms with van der Waals surface area (Å²) in [5, 5.41) is 11.6. The third kappa shape index (κ3) is 3.13. The highest BCUT2D eigenvalue weighted by Gasteiger charge is 2.39. The van der Waals surface area contributed by atoms with Crippen LogP contribution >= 0.6 is 0 Å². The Bertz CT molecular complexity index is 684. The second-order valence-electron chi connectivity index (χ2n) is 5.57. The van der Waals surface area contributed by atoms with Crippen molar-refractivity contribution in [3.05, 3.63) is 102 Å². The maximum absolute atomic E-state index is 11.6. The Morgan fingerprint density at radius 3 is 1.52 bits per heavy atom. The molecule has 0 bridgehead atoms. The molecule has 0 aromatic heterocycles. The van der Waals surface area contributed by atoms with Crippen molar-refractivity contribution in [3.63, 3.8) is 0 Å². The van der Waals surface area contributed by atoms with Gasteiger partial charge < -0.3 is 9.84 Å². The van der Waals surface area contributed by atoms with Gasteiger partial charge in [0, 0.05) is 0 Å². The number of para-hydroxylation sites is 1. The van der Waals surface area contributed by atoms with Gasteiger partial charge in [0.1, 0.15) is 11.9 Å². The van der Waals surface area contributed by atoms with Gasteiger partial charge in [-0.25, -0.2) is 0 Å². The minimum Gasteiger partial charge on any atom is -0.487 e. The van der Waals surface area contributed by atoms with Gasteiger partial charge >= 0.3 is 0 Å². The molecule has 2 heteroatoms. The predicted octanol–water partition coefficient (Wildman–Crippen LogP) is 4.39. The summed E-state index contributed by atoms with van der Waals surface area (Å²) in [7, 11) is 0. The summed E-state index contributed by atoms with van der Waals surface area (Å²) in [4.78, 5) is 0. The van der Waals surface area contributed by atoms with Crippen LogP contribution in [0.15, 0.2) is 91.0 Å². The van der Waals surface area contributed by atoms with E-state index in [0.29, 0.717) is 0 Å². The molecule has 0 aliphatic heterocycles. The molecule has 0 heterocycles. The van der Waals surface area contributed by atoms with Crippen molar-refractivity contribution in [1.82, 2.24) is 0 Å². The fourth-order valence-electron chi connectivity index (χ4n) is 2.81. The van der Waals surface area contributed by atoms with Crippen molar-refractivity contribution in [2.75, 3.05) is 0 Å². The quantitative estimate of drug-likeness (QED) is 0.757. The molecule has 0 radical (unpaired) electrons. The molecule has 3 aromatic carbocycles. The third-order valence-electron chi connectivity index (χ3n) is 4.07. The summed E-state index contributed by atoms with van der Waals surface area (Å²) in [6, 6.07) is 28.9. The van der Waals surface area contributed by atoms with Gasteiger partial charge in [-0.3, -0.25) is 0 Å². The largest absolute Gasteiger partial charge is 0.487 e. The van der Waals surface area contributed by atoms with E-state index in [-0.39, 0.29) is 0 Å². The van der Waals surface area contributed by atoms with Crippen molar-refractivity contribution in [3.8, 4) is 5.75 Å². The van der Waals surface area contributed by atoms with Crippen LogP contribution in [0.5, 0.6) is 5.75 Å². The van der Waals surface area contributed by atoms with Crippen LogP contribution in [0.1, 0.15) is 18.1 Å². The monoisotopic (exact) mass is 304 g/mol. The first-order valence-electron chi connectivity index (χ1n) is 7.76. The molecule has 0 aliphatic rings. The smallest absolute Gasteiger partial charge is 0.151 e. The average Bonchev–Trinajstić information content (AvgIpc) is 2.63. The van der Waals surface area contributed by atoms with Gasteiger partial charge in [0.2, 0.25) is 0 Å². The SMILES string of the molecule is C[C@@H](Oc1ccccc1)C(O)(c1ccccc1)c1ccccc1. The number of rotatable bonds is 5. The zero-order valence-electron chi connectivity index (χ0n) is 13.1. The fourth-order valence-corrected chi connectivity index (χ4v) is 2.81. The van der Waals surface area contributed by atoms with E-state index in [1.807, 2.05) is 97.9 Å². The van der Waals surface area contributed by atoms with Crippen LogP contribution in [0.25, 0.3) is 0 Å². The minimum absolute atomic E-state index is 0.449. The highest BCUT2D eigenvalue weighted by atomic mass is 16.5. The Hall–Kier alpha value is -2.58. The first kappa shape index (κ1) is 15.3. The molecular weight excluding hydrogens is 284 g/mol. The van der Waals surface area contributed by atoms with Crippen molar-refractivity contribution < 1.29 is 9.84 Å². The zero-order valence-corrected chi connectivity index (χ0v) is 13.1. The van der Waals surface area contributed by atoms with Crippen LogP contribution in [-0.2, 0) is 5.60 Å². The van der Waals surface area contributed by atoms with Crippen LogP contribution in [0, 0.1) is 0 Å². The van der Waals surface area contributed by atoms with E-state index in [4.69, 9.17) is 4.74 Å². The Labute approximate surface area is 137 Å². The topological polar surface area (TPSA) is 29.5 Å². The van der Waals surface area contributed by atoms with E-state index in [0.717, 1.165) is 16.9 Å². The summed E-state index contributed by atoms with van der Waals surface area (Å²) in [5.41, 5.74) is 0.405. The van der Waals surface area contributed by atoms with E-state index < -0.39 is 11.7 Å². The van der Waals surface area contributed by atoms with Gasteiger partial charge in [-0.2, -0.15) is 0 Å². The first-order chi connectivity index (χ1) is 11.2. The molecule has 0 spiro atoms. The van der Waals surface area contributed by atoms with Crippen LogP contribution in [-0.4, -0.2) is 11.2 Å². The van der Waals surface area contributed by atoms with E-state index in [1.165, 1.54) is 0 Å². The molecule has 2 nitrogen and oxygen atoms in total. The highest BCUT2D eigenvalue weighted by molar-refractivity contribution is 5.38. The molecule has 0 fully saturated rings. The van der Waals surface area contributed by atoms with Crippen molar-refractivity contribution in [1.29, 1.82) is 0 Å². The normalized spacial score (nSPS) is 12.6. The number of ether oxygens (including phenoxy) is 1.